The Labute approximate surface area is 115 Å². The Morgan fingerprint density at radius 2 is 2.40 bits per heavy atom. The number of anilines is 1. The van der Waals surface area contributed by atoms with Crippen molar-refractivity contribution in [1.82, 2.24) is 4.98 Å². The summed E-state index contributed by atoms with van der Waals surface area (Å²) in [5, 5.41) is 12.1. The largest absolute Gasteiger partial charge is 0.478 e. The lowest BCUT2D eigenvalue weighted by Gasteiger charge is -2.18. The summed E-state index contributed by atoms with van der Waals surface area (Å²) in [6.45, 7) is 2.82. The van der Waals surface area contributed by atoms with Crippen molar-refractivity contribution in [2.24, 2.45) is 0 Å². The van der Waals surface area contributed by atoms with E-state index in [4.69, 9.17) is 14.3 Å². The molecule has 0 radical (unpaired) electrons. The SMILES string of the molecule is CC(Nc1nc2ccc(C(=O)O)cc2o1)C1CCCO1. The summed E-state index contributed by atoms with van der Waals surface area (Å²) in [5.74, 6) is -0.981. The number of ether oxygens (including phenoxy) is 1. The van der Waals surface area contributed by atoms with Crippen LogP contribution in [0.15, 0.2) is 22.6 Å². The first-order valence-corrected chi connectivity index (χ1v) is 6.65. The molecule has 20 heavy (non-hydrogen) atoms. The van der Waals surface area contributed by atoms with Crippen molar-refractivity contribution in [3.8, 4) is 0 Å². The van der Waals surface area contributed by atoms with Crippen LogP contribution in [-0.2, 0) is 4.74 Å². The Morgan fingerprint density at radius 3 is 3.10 bits per heavy atom. The highest BCUT2D eigenvalue weighted by Gasteiger charge is 2.23. The zero-order chi connectivity index (χ0) is 14.1. The molecule has 6 heteroatoms. The molecule has 0 spiro atoms. The minimum atomic E-state index is -0.981. The number of aromatic carboxylic acids is 1. The van der Waals surface area contributed by atoms with E-state index in [1.54, 1.807) is 6.07 Å². The van der Waals surface area contributed by atoms with Crippen molar-refractivity contribution < 1.29 is 19.1 Å². The lowest BCUT2D eigenvalue weighted by Crippen LogP contribution is -2.30. The Bertz CT molecular complexity index is 631. The first-order chi connectivity index (χ1) is 9.63. The number of carbonyl (C=O) groups is 1. The van der Waals surface area contributed by atoms with Gasteiger partial charge in [0.2, 0.25) is 0 Å². The fraction of sp³-hybridized carbons (Fsp3) is 0.429. The van der Waals surface area contributed by atoms with Gasteiger partial charge in [-0.15, -0.1) is 0 Å². The molecule has 1 aromatic heterocycles. The van der Waals surface area contributed by atoms with Gasteiger partial charge in [-0.2, -0.15) is 4.98 Å². The number of nitrogens with one attached hydrogen (secondary N) is 1. The van der Waals surface area contributed by atoms with Crippen LogP contribution in [0.2, 0.25) is 0 Å². The van der Waals surface area contributed by atoms with E-state index >= 15 is 0 Å². The van der Waals surface area contributed by atoms with Gasteiger partial charge in [-0.25, -0.2) is 4.79 Å². The number of benzene rings is 1. The predicted molar refractivity (Wildman–Crippen MR) is 73.0 cm³/mol. The Kier molecular flexibility index (Phi) is 3.31. The molecule has 1 aliphatic heterocycles. The van der Waals surface area contributed by atoms with Crippen molar-refractivity contribution in [2.45, 2.75) is 31.9 Å². The summed E-state index contributed by atoms with van der Waals surface area (Å²) in [5.41, 5.74) is 1.29. The molecule has 6 nitrogen and oxygen atoms in total. The Hall–Kier alpha value is -2.08. The van der Waals surface area contributed by atoms with E-state index in [1.165, 1.54) is 12.1 Å². The van der Waals surface area contributed by atoms with Crippen molar-refractivity contribution in [2.75, 3.05) is 11.9 Å². The zero-order valence-electron chi connectivity index (χ0n) is 11.1. The number of aromatic nitrogens is 1. The molecule has 0 saturated carbocycles. The van der Waals surface area contributed by atoms with Gasteiger partial charge in [-0.05, 0) is 38.0 Å². The molecule has 1 aromatic carbocycles. The van der Waals surface area contributed by atoms with Crippen LogP contribution in [0.3, 0.4) is 0 Å². The first kappa shape index (κ1) is 12.9. The van der Waals surface area contributed by atoms with Crippen LogP contribution in [0.25, 0.3) is 11.1 Å². The van der Waals surface area contributed by atoms with Gasteiger partial charge in [0.1, 0.15) is 5.52 Å². The van der Waals surface area contributed by atoms with E-state index in [0.717, 1.165) is 19.4 Å². The highest BCUT2D eigenvalue weighted by molar-refractivity contribution is 5.92. The molecule has 106 valence electrons. The summed E-state index contributed by atoms with van der Waals surface area (Å²) in [4.78, 5) is 15.2. The van der Waals surface area contributed by atoms with E-state index in [-0.39, 0.29) is 17.7 Å². The first-order valence-electron chi connectivity index (χ1n) is 6.65. The van der Waals surface area contributed by atoms with Gasteiger partial charge in [0.15, 0.2) is 5.58 Å². The van der Waals surface area contributed by atoms with Gasteiger partial charge in [0.25, 0.3) is 6.01 Å². The molecule has 1 saturated heterocycles. The van der Waals surface area contributed by atoms with Crippen LogP contribution >= 0.6 is 0 Å². The lowest BCUT2D eigenvalue weighted by molar-refractivity contribution is 0.0697. The lowest BCUT2D eigenvalue weighted by atomic mass is 10.1. The molecule has 0 amide bonds. The maximum absolute atomic E-state index is 10.9. The molecule has 2 heterocycles. The summed E-state index contributed by atoms with van der Waals surface area (Å²) in [6, 6.07) is 5.13. The second-order valence-corrected chi connectivity index (χ2v) is 4.99. The third-order valence-electron chi connectivity index (χ3n) is 3.51. The number of nitrogens with zero attached hydrogens (tertiary/aromatic N) is 1. The molecular formula is C14H16N2O4. The molecule has 2 atom stereocenters. The van der Waals surface area contributed by atoms with Gasteiger partial charge in [-0.1, -0.05) is 0 Å². The molecule has 0 bridgehead atoms. The number of hydrogen-bond donors (Lipinski definition) is 2. The zero-order valence-corrected chi connectivity index (χ0v) is 11.1. The highest BCUT2D eigenvalue weighted by Crippen LogP contribution is 2.23. The molecule has 1 fully saturated rings. The number of oxazole rings is 1. The molecule has 2 aromatic rings. The number of carboxylic acid groups (broad SMARTS) is 1. The molecule has 2 N–H and O–H groups in total. The van der Waals surface area contributed by atoms with Crippen LogP contribution in [0.1, 0.15) is 30.1 Å². The Morgan fingerprint density at radius 1 is 1.55 bits per heavy atom. The van der Waals surface area contributed by atoms with Gasteiger partial charge < -0.3 is 19.6 Å². The minimum absolute atomic E-state index is 0.101. The van der Waals surface area contributed by atoms with Crippen LogP contribution in [0.5, 0.6) is 0 Å². The van der Waals surface area contributed by atoms with Crippen LogP contribution in [-0.4, -0.2) is 34.8 Å². The van der Waals surface area contributed by atoms with Gasteiger partial charge in [0, 0.05) is 6.61 Å². The fourth-order valence-corrected chi connectivity index (χ4v) is 2.40. The monoisotopic (exact) mass is 276 g/mol. The quantitative estimate of drug-likeness (QED) is 0.892. The number of rotatable bonds is 4. The Balaban J connectivity index is 1.79. The molecular weight excluding hydrogens is 260 g/mol. The fourth-order valence-electron chi connectivity index (χ4n) is 2.40. The third-order valence-corrected chi connectivity index (χ3v) is 3.51. The topological polar surface area (TPSA) is 84.6 Å². The highest BCUT2D eigenvalue weighted by atomic mass is 16.5. The second kappa shape index (κ2) is 5.13. The van der Waals surface area contributed by atoms with Crippen LogP contribution < -0.4 is 5.32 Å². The van der Waals surface area contributed by atoms with Gasteiger partial charge in [0.05, 0.1) is 17.7 Å². The molecule has 3 rings (SSSR count). The van der Waals surface area contributed by atoms with Crippen molar-refractivity contribution in [3.05, 3.63) is 23.8 Å². The minimum Gasteiger partial charge on any atom is -0.478 e. The summed E-state index contributed by atoms with van der Waals surface area (Å²) < 4.78 is 11.1. The number of fused-ring (bicyclic) bond motifs is 1. The van der Waals surface area contributed by atoms with E-state index < -0.39 is 5.97 Å². The summed E-state index contributed by atoms with van der Waals surface area (Å²) >= 11 is 0. The van der Waals surface area contributed by atoms with Crippen LogP contribution in [0, 0.1) is 0 Å². The smallest absolute Gasteiger partial charge is 0.335 e. The van der Waals surface area contributed by atoms with E-state index in [1.807, 2.05) is 6.92 Å². The maximum atomic E-state index is 10.9. The number of hydrogen-bond acceptors (Lipinski definition) is 5. The summed E-state index contributed by atoms with van der Waals surface area (Å²) in [7, 11) is 0. The van der Waals surface area contributed by atoms with Crippen molar-refractivity contribution in [1.29, 1.82) is 0 Å². The average Bonchev–Trinajstić information content (AvgIpc) is 3.06. The molecule has 1 aliphatic rings. The van der Waals surface area contributed by atoms with Gasteiger partial charge >= 0.3 is 5.97 Å². The normalized spacial score (nSPS) is 20.1. The van der Waals surface area contributed by atoms with E-state index in [0.29, 0.717) is 17.1 Å². The van der Waals surface area contributed by atoms with E-state index in [9.17, 15) is 4.79 Å². The predicted octanol–water partition coefficient (Wildman–Crippen LogP) is 2.51. The standard InChI is InChI=1S/C14H16N2O4/c1-8(11-3-2-6-19-11)15-14-16-10-5-4-9(13(17)18)7-12(10)20-14/h4-5,7-8,11H,2-3,6H2,1H3,(H,15,16)(H,17,18). The summed E-state index contributed by atoms with van der Waals surface area (Å²) in [6.07, 6.45) is 2.27. The van der Waals surface area contributed by atoms with Crippen LogP contribution in [0.4, 0.5) is 6.01 Å². The maximum Gasteiger partial charge on any atom is 0.335 e. The third kappa shape index (κ3) is 2.46. The molecule has 0 aliphatic carbocycles. The average molecular weight is 276 g/mol. The van der Waals surface area contributed by atoms with Gasteiger partial charge in [-0.3, -0.25) is 0 Å². The second-order valence-electron chi connectivity index (χ2n) is 4.99. The van der Waals surface area contributed by atoms with Crippen molar-refractivity contribution >= 4 is 23.1 Å². The molecule has 2 unspecified atom stereocenters. The van der Waals surface area contributed by atoms with Crippen molar-refractivity contribution in [3.63, 3.8) is 0 Å². The number of carboxylic acids is 1. The van der Waals surface area contributed by atoms with E-state index in [2.05, 4.69) is 10.3 Å².